The van der Waals surface area contributed by atoms with Crippen LogP contribution in [0, 0.1) is 28.6 Å². The molecule has 4 aliphatic carbocycles. The zero-order chi connectivity index (χ0) is 22.2. The summed E-state index contributed by atoms with van der Waals surface area (Å²) in [5, 5.41) is 14.8. The van der Waals surface area contributed by atoms with Crippen LogP contribution >= 0.6 is 0 Å². The average molecular weight is 429 g/mol. The van der Waals surface area contributed by atoms with Crippen LogP contribution < -0.4 is 0 Å². The summed E-state index contributed by atoms with van der Waals surface area (Å²) in [6.45, 7) is 15.2. The number of nitrogens with zero attached hydrogens (tertiary/aromatic N) is 2. The van der Waals surface area contributed by atoms with E-state index in [2.05, 4.69) is 56.8 Å². The fraction of sp³-hybridized carbons (Fsp3) is 0.815. The molecule has 0 aromatic heterocycles. The van der Waals surface area contributed by atoms with E-state index in [9.17, 15) is 5.11 Å². The van der Waals surface area contributed by atoms with E-state index in [1.165, 1.54) is 31.3 Å². The van der Waals surface area contributed by atoms with Crippen LogP contribution in [0.15, 0.2) is 28.5 Å². The first kappa shape index (κ1) is 23.0. The predicted octanol–water partition coefficient (Wildman–Crippen LogP) is 5.58. The van der Waals surface area contributed by atoms with E-state index >= 15 is 0 Å². The normalized spacial score (nSPS) is 40.0. The highest BCUT2D eigenvalue weighted by Gasteiger charge is 2.56. The highest BCUT2D eigenvalue weighted by atomic mass is 16.6. The summed E-state index contributed by atoms with van der Waals surface area (Å²) < 4.78 is 0. The summed E-state index contributed by atoms with van der Waals surface area (Å²) in [4.78, 5) is 8.11. The van der Waals surface area contributed by atoms with Gasteiger partial charge in [-0.3, -0.25) is 0 Å². The van der Waals surface area contributed by atoms with Gasteiger partial charge in [-0.25, -0.2) is 0 Å². The number of allylic oxidation sites excluding steroid dienone is 3. The van der Waals surface area contributed by atoms with Crippen molar-refractivity contribution in [2.45, 2.75) is 85.7 Å². The van der Waals surface area contributed by atoms with Gasteiger partial charge in [0.05, 0.1) is 11.8 Å². The smallest absolute Gasteiger partial charge is 0.129 e. The molecule has 0 heterocycles. The first-order valence-electron chi connectivity index (χ1n) is 12.8. The molecule has 4 aliphatic rings. The first-order valence-corrected chi connectivity index (χ1v) is 12.8. The summed E-state index contributed by atoms with van der Waals surface area (Å²) in [5.74, 6) is 2.24. The van der Waals surface area contributed by atoms with E-state index in [1.54, 1.807) is 5.57 Å². The molecule has 0 radical (unpaired) electrons. The second kappa shape index (κ2) is 9.02. The Kier molecular flexibility index (Phi) is 6.70. The van der Waals surface area contributed by atoms with Gasteiger partial charge in [0.1, 0.15) is 6.61 Å². The molecule has 0 aromatic carbocycles. The van der Waals surface area contributed by atoms with Crippen molar-refractivity contribution in [1.82, 2.24) is 4.90 Å². The molecule has 31 heavy (non-hydrogen) atoms. The Morgan fingerprint density at radius 1 is 1.10 bits per heavy atom. The van der Waals surface area contributed by atoms with E-state index in [-0.39, 0.29) is 11.5 Å². The second-order valence-electron chi connectivity index (χ2n) is 11.0. The number of aliphatic hydroxyl groups is 1. The molecule has 0 saturated heterocycles. The van der Waals surface area contributed by atoms with Gasteiger partial charge in [-0.05, 0) is 99.1 Å². The molecular weight excluding hydrogens is 384 g/mol. The fourth-order valence-corrected chi connectivity index (χ4v) is 7.67. The lowest BCUT2D eigenvalue weighted by Gasteiger charge is -2.57. The van der Waals surface area contributed by atoms with Crippen molar-refractivity contribution in [2.24, 2.45) is 33.7 Å². The van der Waals surface area contributed by atoms with Gasteiger partial charge in [-0.15, -0.1) is 0 Å². The molecule has 0 bridgehead atoms. The van der Waals surface area contributed by atoms with Gasteiger partial charge in [-0.1, -0.05) is 50.6 Å². The maximum absolute atomic E-state index is 10.2. The van der Waals surface area contributed by atoms with Crippen LogP contribution in [0.2, 0.25) is 0 Å². The van der Waals surface area contributed by atoms with Gasteiger partial charge in [0.25, 0.3) is 0 Å². The van der Waals surface area contributed by atoms with Gasteiger partial charge in [-0.2, -0.15) is 0 Å². The van der Waals surface area contributed by atoms with Crippen LogP contribution in [0.5, 0.6) is 0 Å². The van der Waals surface area contributed by atoms with Crippen LogP contribution in [0.1, 0.15) is 79.6 Å². The Morgan fingerprint density at radius 2 is 1.84 bits per heavy atom. The Labute approximate surface area is 189 Å². The Morgan fingerprint density at radius 3 is 2.58 bits per heavy atom. The van der Waals surface area contributed by atoms with Crippen LogP contribution in [0.25, 0.3) is 0 Å². The summed E-state index contributed by atoms with van der Waals surface area (Å²) >= 11 is 0. The zero-order valence-electron chi connectivity index (χ0n) is 20.5. The monoisotopic (exact) mass is 428 g/mol. The van der Waals surface area contributed by atoms with Crippen molar-refractivity contribution < 1.29 is 9.94 Å². The molecule has 0 amide bonds. The molecule has 0 spiro atoms. The van der Waals surface area contributed by atoms with E-state index < -0.39 is 0 Å². The minimum Gasteiger partial charge on any atom is -0.394 e. The van der Waals surface area contributed by atoms with Crippen molar-refractivity contribution in [3.63, 3.8) is 0 Å². The number of hydrogen-bond donors (Lipinski definition) is 1. The van der Waals surface area contributed by atoms with Gasteiger partial charge >= 0.3 is 0 Å². The van der Waals surface area contributed by atoms with Crippen molar-refractivity contribution in [2.75, 3.05) is 26.2 Å². The number of oxime groups is 1. The molecule has 2 saturated carbocycles. The number of likely N-dealkylation sites (N-methyl/N-ethyl adjacent to an activating group) is 1. The average Bonchev–Trinajstić information content (AvgIpc) is 3.11. The Bertz CT molecular complexity index is 752. The third-order valence-electron chi connectivity index (χ3n) is 9.64. The summed E-state index contributed by atoms with van der Waals surface area (Å²) in [6, 6.07) is 0. The third-order valence-corrected chi connectivity index (χ3v) is 9.64. The number of aliphatic hydroxyl groups excluding tert-OH is 1. The molecule has 0 unspecified atom stereocenters. The van der Waals surface area contributed by atoms with E-state index in [0.29, 0.717) is 17.9 Å². The van der Waals surface area contributed by atoms with Gasteiger partial charge in [0, 0.05) is 6.54 Å². The van der Waals surface area contributed by atoms with Gasteiger partial charge in [0.15, 0.2) is 0 Å². The molecule has 0 aromatic rings. The van der Waals surface area contributed by atoms with Crippen LogP contribution in [-0.2, 0) is 4.84 Å². The summed E-state index contributed by atoms with van der Waals surface area (Å²) in [6.07, 6.45) is 12.8. The predicted molar refractivity (Wildman–Crippen MR) is 128 cm³/mol. The van der Waals surface area contributed by atoms with E-state index in [4.69, 9.17) is 4.84 Å². The lowest BCUT2D eigenvalue weighted by atomic mass is 9.47. The minimum absolute atomic E-state index is 0.120. The molecule has 4 nitrogen and oxygen atoms in total. The summed E-state index contributed by atoms with van der Waals surface area (Å²) in [5.41, 5.74) is 4.62. The number of fused-ring (bicyclic) bond motifs is 5. The van der Waals surface area contributed by atoms with Crippen LogP contribution in [0.4, 0.5) is 0 Å². The molecule has 2 fully saturated rings. The lowest BCUT2D eigenvalue weighted by molar-refractivity contribution is -0.0280. The SMILES string of the molecule is CCN(CC)CCON=C(C)C1=CC[C@H]2[C@@H]3CC=C4C[C@@H](O)CC[C@]4(C)[C@H]3CC[C@]12C. The molecule has 4 heteroatoms. The van der Waals surface area contributed by atoms with Gasteiger partial charge < -0.3 is 14.8 Å². The second-order valence-corrected chi connectivity index (χ2v) is 11.0. The fourth-order valence-electron chi connectivity index (χ4n) is 7.67. The van der Waals surface area contributed by atoms with Crippen molar-refractivity contribution in [3.8, 4) is 0 Å². The molecule has 1 N–H and O–H groups in total. The molecule has 174 valence electrons. The lowest BCUT2D eigenvalue weighted by Crippen LogP contribution is -2.50. The van der Waals surface area contributed by atoms with Crippen molar-refractivity contribution in [1.29, 1.82) is 0 Å². The highest BCUT2D eigenvalue weighted by Crippen LogP contribution is 2.65. The minimum atomic E-state index is -0.120. The maximum atomic E-state index is 10.2. The van der Waals surface area contributed by atoms with E-state index in [0.717, 1.165) is 56.4 Å². The van der Waals surface area contributed by atoms with Crippen molar-refractivity contribution in [3.05, 3.63) is 23.3 Å². The Hall–Kier alpha value is -1.13. The van der Waals surface area contributed by atoms with Crippen LogP contribution in [-0.4, -0.2) is 48.1 Å². The maximum Gasteiger partial charge on any atom is 0.129 e. The number of hydrogen-bond acceptors (Lipinski definition) is 4. The van der Waals surface area contributed by atoms with Crippen molar-refractivity contribution >= 4 is 5.71 Å². The summed E-state index contributed by atoms with van der Waals surface area (Å²) in [7, 11) is 0. The first-order chi connectivity index (χ1) is 14.8. The highest BCUT2D eigenvalue weighted by molar-refractivity contribution is 5.99. The Balaban J connectivity index is 1.45. The molecule has 6 atom stereocenters. The molecule has 4 rings (SSSR count). The van der Waals surface area contributed by atoms with Gasteiger partial charge in [0.2, 0.25) is 0 Å². The standard InChI is InChI=1S/C27H44N2O2/c1-6-29(7-2)16-17-31-28-19(3)23-10-11-24-22-9-8-20-18-21(30)12-14-26(20,4)25(22)13-15-27(23,24)5/h8,10,21-22,24-25,30H,6-7,9,11-18H2,1-5H3/t21-,22-,24-,25-,26-,27+/m0/s1. The zero-order valence-corrected chi connectivity index (χ0v) is 20.5. The third kappa shape index (κ3) is 4.04. The van der Waals surface area contributed by atoms with E-state index in [1.807, 2.05) is 0 Å². The molecule has 0 aliphatic heterocycles. The topological polar surface area (TPSA) is 45.1 Å². The number of rotatable bonds is 7. The molecular formula is C27H44N2O2. The largest absolute Gasteiger partial charge is 0.394 e. The van der Waals surface area contributed by atoms with Crippen LogP contribution in [0.3, 0.4) is 0 Å². The quantitative estimate of drug-likeness (QED) is 0.249.